The van der Waals surface area contributed by atoms with E-state index in [-0.39, 0.29) is 6.61 Å². The number of nitrogens with zero attached hydrogens (tertiary/aromatic N) is 1. The fraction of sp³-hybridized carbons (Fsp3) is 0.429. The number of carbonyl (C=O) groups excluding carboxylic acids is 2. The van der Waals surface area contributed by atoms with Gasteiger partial charge >= 0.3 is 0 Å². The highest BCUT2D eigenvalue weighted by Gasteiger charge is 2.31. The number of benzene rings is 1. The molecule has 2 heterocycles. The number of carbonyl (C=O) groups is 2. The zero-order valence-corrected chi connectivity index (χ0v) is 12.4. The molecule has 3 rings (SSSR count). The van der Waals surface area contributed by atoms with Gasteiger partial charge in [0.2, 0.25) is 0 Å². The molecule has 1 amide bonds. The van der Waals surface area contributed by atoms with Gasteiger partial charge in [-0.3, -0.25) is 9.59 Å². The first-order chi connectivity index (χ1) is 9.60. The predicted octanol–water partition coefficient (Wildman–Crippen LogP) is 1.79. The summed E-state index contributed by atoms with van der Waals surface area (Å²) in [6.07, 6.45) is 1.86. The minimum atomic E-state index is -0.566. The molecule has 1 aromatic rings. The van der Waals surface area contributed by atoms with Crippen LogP contribution in [0.4, 0.5) is 11.4 Å². The van der Waals surface area contributed by atoms with E-state index in [0.717, 1.165) is 36.1 Å². The lowest BCUT2D eigenvalue weighted by Crippen LogP contribution is -2.20. The van der Waals surface area contributed by atoms with Crippen LogP contribution in [0.25, 0.3) is 0 Å². The SMILES string of the molecule is O=C1Nc2cc(N3CCC(CCO)C3)c(Br)cc2C1=O. The van der Waals surface area contributed by atoms with Gasteiger partial charge in [0.05, 0.1) is 16.9 Å². The second-order valence-electron chi connectivity index (χ2n) is 5.25. The summed E-state index contributed by atoms with van der Waals surface area (Å²) in [6.45, 7) is 2.03. The maximum atomic E-state index is 11.6. The number of Topliss-reactive ketones (excluding diaryl/α,β-unsaturated/α-hetero) is 1. The van der Waals surface area contributed by atoms with Crippen molar-refractivity contribution in [1.82, 2.24) is 0 Å². The minimum absolute atomic E-state index is 0.217. The van der Waals surface area contributed by atoms with Crippen molar-refractivity contribution in [2.75, 3.05) is 29.9 Å². The van der Waals surface area contributed by atoms with Crippen LogP contribution < -0.4 is 10.2 Å². The monoisotopic (exact) mass is 338 g/mol. The van der Waals surface area contributed by atoms with Crippen LogP contribution >= 0.6 is 15.9 Å². The Morgan fingerprint density at radius 1 is 1.40 bits per heavy atom. The molecule has 0 aromatic heterocycles. The van der Waals surface area contributed by atoms with Crippen LogP contribution in [-0.2, 0) is 4.79 Å². The smallest absolute Gasteiger partial charge is 0.296 e. The Morgan fingerprint density at radius 3 is 2.95 bits per heavy atom. The molecule has 20 heavy (non-hydrogen) atoms. The van der Waals surface area contributed by atoms with Crippen molar-refractivity contribution in [1.29, 1.82) is 0 Å². The topological polar surface area (TPSA) is 69.6 Å². The first-order valence-electron chi connectivity index (χ1n) is 6.65. The summed E-state index contributed by atoms with van der Waals surface area (Å²) in [6, 6.07) is 3.56. The fourth-order valence-corrected chi connectivity index (χ4v) is 3.46. The van der Waals surface area contributed by atoms with Gasteiger partial charge in [-0.2, -0.15) is 0 Å². The summed E-state index contributed by atoms with van der Waals surface area (Å²) in [4.78, 5) is 25.3. The number of aliphatic hydroxyl groups excluding tert-OH is 1. The standard InChI is InChI=1S/C14H15BrN2O3/c15-10-5-9-11(16-14(20)13(9)19)6-12(10)17-3-1-8(7-17)2-4-18/h5-6,8,18H,1-4,7H2,(H,16,19,20). The maximum absolute atomic E-state index is 11.6. The van der Waals surface area contributed by atoms with E-state index in [1.165, 1.54) is 0 Å². The largest absolute Gasteiger partial charge is 0.396 e. The quantitative estimate of drug-likeness (QED) is 0.824. The van der Waals surface area contributed by atoms with Crippen molar-refractivity contribution >= 4 is 39.0 Å². The van der Waals surface area contributed by atoms with Gasteiger partial charge < -0.3 is 15.3 Å². The number of fused-ring (bicyclic) bond motifs is 1. The van der Waals surface area contributed by atoms with Gasteiger partial charge in [-0.15, -0.1) is 0 Å². The average Bonchev–Trinajstić information content (AvgIpc) is 2.97. The Morgan fingerprint density at radius 2 is 2.20 bits per heavy atom. The van der Waals surface area contributed by atoms with Gasteiger partial charge in [-0.05, 0) is 46.8 Å². The molecule has 5 nitrogen and oxygen atoms in total. The molecule has 1 saturated heterocycles. The third-order valence-electron chi connectivity index (χ3n) is 3.95. The zero-order chi connectivity index (χ0) is 14.3. The lowest BCUT2D eigenvalue weighted by molar-refractivity contribution is -0.112. The van der Waals surface area contributed by atoms with Gasteiger partial charge in [0.1, 0.15) is 0 Å². The number of amides is 1. The second kappa shape index (κ2) is 5.18. The molecule has 0 radical (unpaired) electrons. The number of hydrogen-bond acceptors (Lipinski definition) is 4. The van der Waals surface area contributed by atoms with Crippen LogP contribution in [-0.4, -0.2) is 36.5 Å². The first kappa shape index (κ1) is 13.6. The molecule has 1 unspecified atom stereocenters. The molecule has 6 heteroatoms. The Balaban J connectivity index is 1.87. The van der Waals surface area contributed by atoms with Crippen molar-refractivity contribution in [2.24, 2.45) is 5.92 Å². The highest BCUT2D eigenvalue weighted by Crippen LogP contribution is 2.37. The van der Waals surface area contributed by atoms with Gasteiger partial charge in [0, 0.05) is 24.2 Å². The van der Waals surface area contributed by atoms with E-state index in [9.17, 15) is 9.59 Å². The van der Waals surface area contributed by atoms with Gasteiger partial charge in [0.15, 0.2) is 0 Å². The van der Waals surface area contributed by atoms with Crippen LogP contribution in [0, 0.1) is 5.92 Å². The summed E-state index contributed by atoms with van der Waals surface area (Å²) in [5.41, 5.74) is 2.00. The Bertz CT molecular complexity index is 588. The number of rotatable bonds is 3. The lowest BCUT2D eigenvalue weighted by atomic mass is 10.1. The predicted molar refractivity (Wildman–Crippen MR) is 79.1 cm³/mol. The number of hydrogen-bond donors (Lipinski definition) is 2. The van der Waals surface area contributed by atoms with E-state index in [0.29, 0.717) is 17.2 Å². The number of ketones is 1. The molecule has 106 valence electrons. The normalized spacial score (nSPS) is 21.3. The molecule has 1 aromatic carbocycles. The van der Waals surface area contributed by atoms with E-state index >= 15 is 0 Å². The molecule has 1 fully saturated rings. The van der Waals surface area contributed by atoms with Gasteiger partial charge in [-0.1, -0.05) is 0 Å². The molecule has 2 aliphatic rings. The van der Waals surface area contributed by atoms with Gasteiger partial charge in [0.25, 0.3) is 11.7 Å². The zero-order valence-electron chi connectivity index (χ0n) is 10.9. The third kappa shape index (κ3) is 2.23. The highest BCUT2D eigenvalue weighted by molar-refractivity contribution is 9.10. The number of anilines is 2. The van der Waals surface area contributed by atoms with Crippen molar-refractivity contribution in [3.8, 4) is 0 Å². The van der Waals surface area contributed by atoms with Gasteiger partial charge in [-0.25, -0.2) is 0 Å². The molecule has 2 N–H and O–H groups in total. The number of aliphatic hydroxyl groups is 1. The Labute approximate surface area is 125 Å². The van der Waals surface area contributed by atoms with E-state index in [2.05, 4.69) is 26.1 Å². The van der Waals surface area contributed by atoms with E-state index in [1.807, 2.05) is 6.07 Å². The van der Waals surface area contributed by atoms with Crippen molar-refractivity contribution in [2.45, 2.75) is 12.8 Å². The van der Waals surface area contributed by atoms with E-state index in [1.54, 1.807) is 6.07 Å². The second-order valence-corrected chi connectivity index (χ2v) is 6.10. The third-order valence-corrected chi connectivity index (χ3v) is 4.59. The van der Waals surface area contributed by atoms with Crippen LogP contribution in [0.15, 0.2) is 16.6 Å². The number of nitrogens with one attached hydrogen (secondary N) is 1. The summed E-state index contributed by atoms with van der Waals surface area (Å²) in [5.74, 6) is -0.549. The van der Waals surface area contributed by atoms with Crippen molar-refractivity contribution in [3.05, 3.63) is 22.2 Å². The van der Waals surface area contributed by atoms with Crippen LogP contribution in [0.2, 0.25) is 0 Å². The van der Waals surface area contributed by atoms with Crippen molar-refractivity contribution in [3.63, 3.8) is 0 Å². The lowest BCUT2D eigenvalue weighted by Gasteiger charge is -2.21. The molecule has 0 spiro atoms. The molecular formula is C14H15BrN2O3. The fourth-order valence-electron chi connectivity index (χ4n) is 2.87. The van der Waals surface area contributed by atoms with Crippen LogP contribution in [0.3, 0.4) is 0 Å². The Hall–Kier alpha value is -1.40. The Kier molecular flexibility index (Phi) is 3.52. The van der Waals surface area contributed by atoms with E-state index in [4.69, 9.17) is 5.11 Å². The summed E-state index contributed by atoms with van der Waals surface area (Å²) < 4.78 is 0.825. The summed E-state index contributed by atoms with van der Waals surface area (Å²) in [5, 5.41) is 11.6. The summed E-state index contributed by atoms with van der Waals surface area (Å²) in [7, 11) is 0. The highest BCUT2D eigenvalue weighted by atomic mass is 79.9. The number of halogens is 1. The molecule has 2 aliphatic heterocycles. The van der Waals surface area contributed by atoms with Crippen LogP contribution in [0.5, 0.6) is 0 Å². The minimum Gasteiger partial charge on any atom is -0.396 e. The first-order valence-corrected chi connectivity index (χ1v) is 7.44. The molecular weight excluding hydrogens is 324 g/mol. The average molecular weight is 339 g/mol. The summed E-state index contributed by atoms with van der Waals surface area (Å²) >= 11 is 3.48. The molecule has 0 saturated carbocycles. The maximum Gasteiger partial charge on any atom is 0.296 e. The molecule has 0 bridgehead atoms. The van der Waals surface area contributed by atoms with Crippen molar-refractivity contribution < 1.29 is 14.7 Å². The molecule has 0 aliphatic carbocycles. The molecule has 1 atom stereocenters. The van der Waals surface area contributed by atoms with Crippen LogP contribution in [0.1, 0.15) is 23.2 Å². The van der Waals surface area contributed by atoms with E-state index < -0.39 is 11.7 Å².